The number of hydrogen-bond donors (Lipinski definition) is 1. The van der Waals surface area contributed by atoms with Crippen LogP contribution in [0.15, 0.2) is 27.1 Å². The van der Waals surface area contributed by atoms with Crippen LogP contribution in [0, 0.1) is 0 Å². The third-order valence-corrected chi connectivity index (χ3v) is 4.08. The van der Waals surface area contributed by atoms with Crippen molar-refractivity contribution in [2.24, 2.45) is 0 Å². The summed E-state index contributed by atoms with van der Waals surface area (Å²) in [5.74, 6) is 1.13. The second-order valence-electron chi connectivity index (χ2n) is 3.58. The molecule has 0 unspecified atom stereocenters. The van der Waals surface area contributed by atoms with E-state index in [0.717, 1.165) is 34.1 Å². The Balaban J connectivity index is 2.42. The summed E-state index contributed by atoms with van der Waals surface area (Å²) in [6.45, 7) is 0.738. The van der Waals surface area contributed by atoms with Crippen LogP contribution in [0.25, 0.3) is 0 Å². The second-order valence-corrected chi connectivity index (χ2v) is 6.34. The lowest BCUT2D eigenvalue weighted by Crippen LogP contribution is -2.24. The van der Waals surface area contributed by atoms with Crippen molar-refractivity contribution in [3.63, 3.8) is 0 Å². The third-order valence-electron chi connectivity index (χ3n) is 2.24. The molecule has 0 saturated carbocycles. The highest BCUT2D eigenvalue weighted by Crippen LogP contribution is 2.21. The van der Waals surface area contributed by atoms with Gasteiger partial charge >= 0.3 is 0 Å². The molecule has 0 aliphatic carbocycles. The van der Waals surface area contributed by atoms with Gasteiger partial charge in [0.05, 0.1) is 5.56 Å². The van der Waals surface area contributed by atoms with Crippen LogP contribution in [-0.2, 0) is 0 Å². The molecule has 0 bridgehead atoms. The minimum absolute atomic E-state index is 0.0199. The van der Waals surface area contributed by atoms with Crippen molar-refractivity contribution in [1.29, 1.82) is 0 Å². The zero-order valence-corrected chi connectivity index (χ0v) is 13.6. The van der Waals surface area contributed by atoms with Crippen LogP contribution < -0.4 is 5.32 Å². The molecule has 1 aromatic carbocycles. The quantitative estimate of drug-likeness (QED) is 0.753. The van der Waals surface area contributed by atoms with Crippen molar-refractivity contribution in [3.8, 4) is 0 Å². The Hall–Kier alpha value is -0.000000000000000111. The summed E-state index contributed by atoms with van der Waals surface area (Å²) in [4.78, 5) is 11.8. The highest BCUT2D eigenvalue weighted by atomic mass is 79.9. The summed E-state index contributed by atoms with van der Waals surface area (Å²) in [5, 5.41) is 2.92. The summed E-state index contributed by atoms with van der Waals surface area (Å²) in [7, 11) is 0. The van der Waals surface area contributed by atoms with Crippen molar-refractivity contribution in [3.05, 3.63) is 32.7 Å². The number of nitrogens with one attached hydrogen (secondary N) is 1. The van der Waals surface area contributed by atoms with Gasteiger partial charge in [-0.15, -0.1) is 0 Å². The fourth-order valence-electron chi connectivity index (χ4n) is 1.34. The minimum Gasteiger partial charge on any atom is -0.352 e. The highest BCUT2D eigenvalue weighted by Gasteiger charge is 2.09. The standard InChI is InChI=1S/C12H15Br2NOS/c1-17-7-3-2-6-15-12(16)10-5-4-9(13)8-11(10)14/h4-5,8H,2-3,6-7H2,1H3,(H,15,16). The fraction of sp³-hybridized carbons (Fsp3) is 0.417. The van der Waals surface area contributed by atoms with E-state index in [-0.39, 0.29) is 5.91 Å². The Kier molecular flexibility index (Phi) is 7.23. The molecular weight excluding hydrogens is 366 g/mol. The van der Waals surface area contributed by atoms with E-state index >= 15 is 0 Å². The molecule has 1 rings (SSSR count). The number of carbonyl (C=O) groups excluding carboxylic acids is 1. The number of amides is 1. The summed E-state index contributed by atoms with van der Waals surface area (Å²) in [6, 6.07) is 5.56. The van der Waals surface area contributed by atoms with Crippen LogP contribution >= 0.6 is 43.6 Å². The monoisotopic (exact) mass is 379 g/mol. The van der Waals surface area contributed by atoms with Gasteiger partial charge in [-0.3, -0.25) is 4.79 Å². The number of hydrogen-bond acceptors (Lipinski definition) is 2. The Bertz CT molecular complexity index is 385. The molecule has 0 saturated heterocycles. The molecule has 17 heavy (non-hydrogen) atoms. The topological polar surface area (TPSA) is 29.1 Å². The van der Waals surface area contributed by atoms with Gasteiger partial charge < -0.3 is 5.32 Å². The molecule has 1 N–H and O–H groups in total. The number of carbonyl (C=O) groups is 1. The smallest absolute Gasteiger partial charge is 0.252 e. The third kappa shape index (κ3) is 5.44. The van der Waals surface area contributed by atoms with Gasteiger partial charge in [-0.05, 0) is 59.0 Å². The van der Waals surface area contributed by atoms with Crippen LogP contribution in [0.4, 0.5) is 0 Å². The van der Waals surface area contributed by atoms with Crippen LogP contribution in [0.3, 0.4) is 0 Å². The number of halogens is 2. The first kappa shape index (κ1) is 15.1. The summed E-state index contributed by atoms with van der Waals surface area (Å²) < 4.78 is 1.77. The summed E-state index contributed by atoms with van der Waals surface area (Å²) in [6.07, 6.45) is 4.27. The molecule has 0 aliphatic rings. The number of thioether (sulfide) groups is 1. The van der Waals surface area contributed by atoms with Crippen molar-refractivity contribution < 1.29 is 4.79 Å². The molecule has 0 radical (unpaired) electrons. The molecule has 5 heteroatoms. The molecule has 0 aromatic heterocycles. The number of rotatable bonds is 6. The van der Waals surface area contributed by atoms with E-state index in [0.29, 0.717) is 5.56 Å². The number of unbranched alkanes of at least 4 members (excludes halogenated alkanes) is 1. The highest BCUT2D eigenvalue weighted by molar-refractivity contribution is 9.11. The van der Waals surface area contributed by atoms with Crippen molar-refractivity contribution in [2.75, 3.05) is 18.6 Å². The molecule has 0 fully saturated rings. The molecule has 0 spiro atoms. The van der Waals surface area contributed by atoms with Crippen LogP contribution in [0.5, 0.6) is 0 Å². The first-order valence-corrected chi connectivity index (χ1v) is 8.35. The molecular formula is C12H15Br2NOS. The SMILES string of the molecule is CSCCCCNC(=O)c1ccc(Br)cc1Br. The summed E-state index contributed by atoms with van der Waals surface area (Å²) in [5.41, 5.74) is 0.679. The zero-order chi connectivity index (χ0) is 12.7. The fourth-order valence-corrected chi connectivity index (χ4v) is 3.06. The minimum atomic E-state index is -0.0199. The van der Waals surface area contributed by atoms with E-state index in [1.807, 2.05) is 30.0 Å². The average Bonchev–Trinajstić information content (AvgIpc) is 2.28. The Morgan fingerprint density at radius 2 is 2.12 bits per heavy atom. The van der Waals surface area contributed by atoms with E-state index in [9.17, 15) is 4.79 Å². The molecule has 94 valence electrons. The summed E-state index contributed by atoms with van der Waals surface area (Å²) >= 11 is 8.59. The van der Waals surface area contributed by atoms with E-state index in [2.05, 4.69) is 43.4 Å². The lowest BCUT2D eigenvalue weighted by molar-refractivity contribution is 0.0952. The number of benzene rings is 1. The van der Waals surface area contributed by atoms with Gasteiger partial charge in [-0.2, -0.15) is 11.8 Å². The maximum Gasteiger partial charge on any atom is 0.252 e. The van der Waals surface area contributed by atoms with Gasteiger partial charge in [0.1, 0.15) is 0 Å². The van der Waals surface area contributed by atoms with Crippen molar-refractivity contribution in [1.82, 2.24) is 5.32 Å². The predicted octanol–water partition coefficient (Wildman–Crippen LogP) is 4.08. The van der Waals surface area contributed by atoms with Gasteiger partial charge in [-0.25, -0.2) is 0 Å². The largest absolute Gasteiger partial charge is 0.352 e. The lowest BCUT2D eigenvalue weighted by Gasteiger charge is -2.07. The van der Waals surface area contributed by atoms with Crippen LogP contribution in [0.1, 0.15) is 23.2 Å². The average molecular weight is 381 g/mol. The Morgan fingerprint density at radius 1 is 1.35 bits per heavy atom. The van der Waals surface area contributed by atoms with Gasteiger partial charge in [0.15, 0.2) is 0 Å². The van der Waals surface area contributed by atoms with E-state index in [1.165, 1.54) is 0 Å². The Morgan fingerprint density at radius 3 is 2.76 bits per heavy atom. The first-order valence-electron chi connectivity index (χ1n) is 5.37. The van der Waals surface area contributed by atoms with E-state index in [4.69, 9.17) is 0 Å². The second kappa shape index (κ2) is 8.16. The van der Waals surface area contributed by atoms with E-state index < -0.39 is 0 Å². The molecule has 1 aromatic rings. The zero-order valence-electron chi connectivity index (χ0n) is 9.63. The van der Waals surface area contributed by atoms with E-state index in [1.54, 1.807) is 0 Å². The van der Waals surface area contributed by atoms with Gasteiger partial charge in [0, 0.05) is 15.5 Å². The molecule has 0 aliphatic heterocycles. The van der Waals surface area contributed by atoms with Crippen molar-refractivity contribution >= 4 is 49.5 Å². The normalized spacial score (nSPS) is 10.3. The van der Waals surface area contributed by atoms with Crippen LogP contribution in [0.2, 0.25) is 0 Å². The van der Waals surface area contributed by atoms with Gasteiger partial charge in [0.2, 0.25) is 0 Å². The lowest BCUT2D eigenvalue weighted by atomic mass is 10.2. The predicted molar refractivity (Wildman–Crippen MR) is 81.8 cm³/mol. The first-order chi connectivity index (χ1) is 8.15. The maximum atomic E-state index is 11.8. The molecule has 2 nitrogen and oxygen atoms in total. The Labute approximate surface area is 123 Å². The molecule has 0 atom stereocenters. The van der Waals surface area contributed by atoms with Gasteiger partial charge in [-0.1, -0.05) is 15.9 Å². The van der Waals surface area contributed by atoms with Crippen molar-refractivity contribution in [2.45, 2.75) is 12.8 Å². The molecule has 1 amide bonds. The maximum absolute atomic E-state index is 11.8. The molecule has 0 heterocycles. The van der Waals surface area contributed by atoms with Crippen LogP contribution in [-0.4, -0.2) is 24.5 Å². The van der Waals surface area contributed by atoms with Gasteiger partial charge in [0.25, 0.3) is 5.91 Å².